The van der Waals surface area contributed by atoms with Gasteiger partial charge < -0.3 is 11.1 Å². The lowest BCUT2D eigenvalue weighted by atomic mass is 10.1. The predicted octanol–water partition coefficient (Wildman–Crippen LogP) is 4.52. The highest BCUT2D eigenvalue weighted by Gasteiger charge is 2.06. The lowest BCUT2D eigenvalue weighted by Gasteiger charge is -2.11. The number of halogens is 1. The first-order chi connectivity index (χ1) is 9.63. The Morgan fingerprint density at radius 1 is 1.10 bits per heavy atom. The number of benzene rings is 2. The molecule has 0 radical (unpaired) electrons. The predicted molar refractivity (Wildman–Crippen MR) is 85.6 cm³/mol. The number of hydrogen-bond acceptors (Lipinski definition) is 3. The van der Waals surface area contributed by atoms with Crippen molar-refractivity contribution in [2.75, 3.05) is 11.1 Å². The third-order valence-corrected chi connectivity index (χ3v) is 3.38. The van der Waals surface area contributed by atoms with E-state index in [2.05, 4.69) is 16.4 Å². The minimum atomic E-state index is 0.686. The van der Waals surface area contributed by atoms with Crippen LogP contribution in [0.5, 0.6) is 0 Å². The Labute approximate surface area is 122 Å². The SMILES string of the molecule is Cc1cc(N)c2ccnc(Nc3cccc(Cl)c3)c2c1. The fourth-order valence-electron chi connectivity index (χ4n) is 2.27. The lowest BCUT2D eigenvalue weighted by Crippen LogP contribution is -1.96. The monoisotopic (exact) mass is 283 g/mol. The second kappa shape index (κ2) is 5.02. The van der Waals surface area contributed by atoms with Crippen molar-refractivity contribution in [3.8, 4) is 0 Å². The van der Waals surface area contributed by atoms with Crippen molar-refractivity contribution in [2.24, 2.45) is 0 Å². The van der Waals surface area contributed by atoms with E-state index >= 15 is 0 Å². The van der Waals surface area contributed by atoms with E-state index in [-0.39, 0.29) is 0 Å². The van der Waals surface area contributed by atoms with E-state index in [4.69, 9.17) is 17.3 Å². The van der Waals surface area contributed by atoms with Crippen molar-refractivity contribution in [1.82, 2.24) is 4.98 Å². The molecule has 0 unspecified atom stereocenters. The number of anilines is 3. The van der Waals surface area contributed by atoms with Crippen LogP contribution in [0.2, 0.25) is 5.02 Å². The molecule has 3 aromatic rings. The normalized spacial score (nSPS) is 10.7. The van der Waals surface area contributed by atoms with Crippen molar-refractivity contribution >= 4 is 39.6 Å². The van der Waals surface area contributed by atoms with E-state index in [1.807, 2.05) is 43.3 Å². The van der Waals surface area contributed by atoms with Gasteiger partial charge in [-0.25, -0.2) is 4.98 Å². The molecule has 2 aromatic carbocycles. The Bertz CT molecular complexity index is 784. The molecule has 0 aliphatic carbocycles. The number of nitrogens with zero attached hydrogens (tertiary/aromatic N) is 1. The molecular formula is C16H14ClN3. The van der Waals surface area contributed by atoms with Crippen LogP contribution in [0.15, 0.2) is 48.7 Å². The Morgan fingerprint density at radius 3 is 2.75 bits per heavy atom. The molecule has 1 aromatic heterocycles. The van der Waals surface area contributed by atoms with Gasteiger partial charge in [0.1, 0.15) is 5.82 Å². The number of aromatic nitrogens is 1. The number of aryl methyl sites for hydroxylation is 1. The average Bonchev–Trinajstić information content (AvgIpc) is 2.40. The van der Waals surface area contributed by atoms with E-state index in [1.54, 1.807) is 6.20 Å². The van der Waals surface area contributed by atoms with Gasteiger partial charge in [0.2, 0.25) is 0 Å². The smallest absolute Gasteiger partial charge is 0.138 e. The van der Waals surface area contributed by atoms with Crippen LogP contribution in [0.1, 0.15) is 5.56 Å². The van der Waals surface area contributed by atoms with Crippen LogP contribution in [-0.2, 0) is 0 Å². The molecule has 0 aliphatic rings. The number of fused-ring (bicyclic) bond motifs is 1. The van der Waals surface area contributed by atoms with Crippen molar-refractivity contribution in [2.45, 2.75) is 6.92 Å². The third-order valence-electron chi connectivity index (χ3n) is 3.14. The van der Waals surface area contributed by atoms with Gasteiger partial charge in [-0.15, -0.1) is 0 Å². The first-order valence-corrected chi connectivity index (χ1v) is 6.69. The van der Waals surface area contributed by atoms with Crippen molar-refractivity contribution in [3.05, 3.63) is 59.2 Å². The molecule has 0 saturated carbocycles. The molecule has 3 nitrogen and oxygen atoms in total. The van der Waals surface area contributed by atoms with E-state index in [1.165, 1.54) is 0 Å². The standard InChI is InChI=1S/C16H14ClN3/c1-10-7-14-13(15(18)8-10)5-6-19-16(14)20-12-4-2-3-11(17)9-12/h2-9H,18H2,1H3,(H,19,20). The summed E-state index contributed by atoms with van der Waals surface area (Å²) in [6.45, 7) is 2.02. The van der Waals surface area contributed by atoms with Crippen LogP contribution in [0.3, 0.4) is 0 Å². The van der Waals surface area contributed by atoms with Crippen LogP contribution < -0.4 is 11.1 Å². The van der Waals surface area contributed by atoms with Gasteiger partial charge in [0.05, 0.1) is 0 Å². The Balaban J connectivity index is 2.12. The highest BCUT2D eigenvalue weighted by Crippen LogP contribution is 2.29. The van der Waals surface area contributed by atoms with Gasteiger partial charge >= 0.3 is 0 Å². The maximum absolute atomic E-state index is 6.07. The van der Waals surface area contributed by atoms with E-state index < -0.39 is 0 Å². The molecule has 0 fully saturated rings. The first kappa shape index (κ1) is 12.8. The van der Waals surface area contributed by atoms with Gasteiger partial charge in [0.15, 0.2) is 0 Å². The molecule has 3 N–H and O–H groups in total. The van der Waals surface area contributed by atoms with Gasteiger partial charge in [-0.1, -0.05) is 17.7 Å². The fourth-order valence-corrected chi connectivity index (χ4v) is 2.46. The number of hydrogen-bond donors (Lipinski definition) is 2. The molecule has 0 amide bonds. The molecular weight excluding hydrogens is 270 g/mol. The van der Waals surface area contributed by atoms with E-state index in [9.17, 15) is 0 Å². The molecule has 3 rings (SSSR count). The molecule has 0 saturated heterocycles. The Morgan fingerprint density at radius 2 is 1.95 bits per heavy atom. The van der Waals surface area contributed by atoms with Crippen LogP contribution in [0, 0.1) is 6.92 Å². The van der Waals surface area contributed by atoms with Crippen molar-refractivity contribution < 1.29 is 0 Å². The summed E-state index contributed by atoms with van der Waals surface area (Å²) in [5.74, 6) is 0.778. The lowest BCUT2D eigenvalue weighted by molar-refractivity contribution is 1.33. The number of pyridine rings is 1. The summed E-state index contributed by atoms with van der Waals surface area (Å²) in [6.07, 6.45) is 1.75. The maximum Gasteiger partial charge on any atom is 0.138 e. The zero-order valence-corrected chi connectivity index (χ0v) is 11.8. The fraction of sp³-hybridized carbons (Fsp3) is 0.0625. The van der Waals surface area contributed by atoms with Crippen LogP contribution >= 0.6 is 11.6 Å². The van der Waals surface area contributed by atoms with E-state index in [0.29, 0.717) is 5.02 Å². The molecule has 20 heavy (non-hydrogen) atoms. The van der Waals surface area contributed by atoms with Crippen molar-refractivity contribution in [1.29, 1.82) is 0 Å². The van der Waals surface area contributed by atoms with Crippen LogP contribution in [0.25, 0.3) is 10.8 Å². The minimum absolute atomic E-state index is 0.686. The maximum atomic E-state index is 6.07. The summed E-state index contributed by atoms with van der Waals surface area (Å²) in [5.41, 5.74) is 8.84. The quantitative estimate of drug-likeness (QED) is 0.680. The van der Waals surface area contributed by atoms with E-state index in [0.717, 1.165) is 33.5 Å². The molecule has 4 heteroatoms. The summed E-state index contributed by atoms with van der Waals surface area (Å²) in [4.78, 5) is 4.40. The minimum Gasteiger partial charge on any atom is -0.398 e. The number of nitrogen functional groups attached to an aromatic ring is 1. The van der Waals surface area contributed by atoms with Gasteiger partial charge in [0, 0.05) is 33.4 Å². The highest BCUT2D eigenvalue weighted by atomic mass is 35.5. The van der Waals surface area contributed by atoms with Gasteiger partial charge in [-0.3, -0.25) is 0 Å². The molecule has 0 bridgehead atoms. The molecule has 0 aliphatic heterocycles. The topological polar surface area (TPSA) is 50.9 Å². The number of rotatable bonds is 2. The van der Waals surface area contributed by atoms with Crippen LogP contribution in [-0.4, -0.2) is 4.98 Å². The molecule has 1 heterocycles. The molecule has 0 spiro atoms. The Kier molecular flexibility index (Phi) is 3.20. The Hall–Kier alpha value is -2.26. The number of nitrogens with two attached hydrogens (primary N) is 1. The third kappa shape index (κ3) is 2.40. The summed E-state index contributed by atoms with van der Waals surface area (Å²) in [6, 6.07) is 13.5. The molecule has 100 valence electrons. The largest absolute Gasteiger partial charge is 0.398 e. The first-order valence-electron chi connectivity index (χ1n) is 6.31. The number of nitrogens with one attached hydrogen (secondary N) is 1. The zero-order chi connectivity index (χ0) is 14.1. The highest BCUT2D eigenvalue weighted by molar-refractivity contribution is 6.30. The second-order valence-electron chi connectivity index (χ2n) is 4.74. The van der Waals surface area contributed by atoms with Crippen molar-refractivity contribution in [3.63, 3.8) is 0 Å². The average molecular weight is 284 g/mol. The summed E-state index contributed by atoms with van der Waals surface area (Å²) in [5, 5.41) is 5.98. The van der Waals surface area contributed by atoms with Gasteiger partial charge in [-0.2, -0.15) is 0 Å². The van der Waals surface area contributed by atoms with Crippen LogP contribution in [0.4, 0.5) is 17.2 Å². The van der Waals surface area contributed by atoms with Gasteiger partial charge in [0.25, 0.3) is 0 Å². The summed E-state index contributed by atoms with van der Waals surface area (Å²) >= 11 is 6.00. The summed E-state index contributed by atoms with van der Waals surface area (Å²) < 4.78 is 0. The zero-order valence-electron chi connectivity index (χ0n) is 11.0. The summed E-state index contributed by atoms with van der Waals surface area (Å²) in [7, 11) is 0. The second-order valence-corrected chi connectivity index (χ2v) is 5.18. The van der Waals surface area contributed by atoms with Gasteiger partial charge in [-0.05, 0) is 48.9 Å². The molecule has 0 atom stereocenters.